The average molecular weight is 434 g/mol. The summed E-state index contributed by atoms with van der Waals surface area (Å²) >= 11 is 3.44. The van der Waals surface area contributed by atoms with Crippen molar-refractivity contribution in [2.75, 3.05) is 13.1 Å². The van der Waals surface area contributed by atoms with Crippen LogP contribution in [0.5, 0.6) is 0 Å². The quantitative estimate of drug-likeness (QED) is 0.435. The Bertz CT molecular complexity index is 702. The van der Waals surface area contributed by atoms with Crippen molar-refractivity contribution in [3.8, 4) is 12.3 Å². The first-order valence-corrected chi connectivity index (χ1v) is 10.0. The van der Waals surface area contributed by atoms with Crippen LogP contribution >= 0.6 is 15.9 Å². The first-order valence-electron chi connectivity index (χ1n) is 9.26. The number of halogens is 1. The molecule has 0 spiro atoms. The van der Waals surface area contributed by atoms with Crippen molar-refractivity contribution >= 4 is 27.9 Å². The van der Waals surface area contributed by atoms with Gasteiger partial charge >= 0.3 is 6.09 Å². The van der Waals surface area contributed by atoms with E-state index in [1.54, 1.807) is 4.90 Å². The van der Waals surface area contributed by atoms with E-state index in [9.17, 15) is 4.79 Å². The van der Waals surface area contributed by atoms with Gasteiger partial charge in [-0.3, -0.25) is 9.89 Å². The zero-order valence-electron chi connectivity index (χ0n) is 16.3. The molecule has 27 heavy (non-hydrogen) atoms. The number of hydrogen-bond acceptors (Lipinski definition) is 3. The molecular weight excluding hydrogens is 406 g/mol. The minimum absolute atomic E-state index is 0.141. The number of piperidine rings is 1. The van der Waals surface area contributed by atoms with Gasteiger partial charge in [0.15, 0.2) is 0 Å². The van der Waals surface area contributed by atoms with Gasteiger partial charge in [-0.25, -0.2) is 4.79 Å². The number of hydrogen-bond donors (Lipinski definition) is 1. The van der Waals surface area contributed by atoms with Crippen LogP contribution < -0.4 is 5.32 Å². The van der Waals surface area contributed by atoms with E-state index in [0.717, 1.165) is 35.1 Å². The van der Waals surface area contributed by atoms with Crippen molar-refractivity contribution in [2.24, 2.45) is 4.99 Å². The summed E-state index contributed by atoms with van der Waals surface area (Å²) in [6.45, 7) is 7.19. The van der Waals surface area contributed by atoms with E-state index in [1.165, 1.54) is 0 Å². The molecule has 0 saturated carbocycles. The van der Waals surface area contributed by atoms with Crippen molar-refractivity contribution in [3.63, 3.8) is 0 Å². The topological polar surface area (TPSA) is 53.9 Å². The van der Waals surface area contributed by atoms with E-state index in [4.69, 9.17) is 16.2 Å². The Hall–Kier alpha value is -2.00. The smallest absolute Gasteiger partial charge is 0.410 e. The molecule has 1 atom stereocenters. The largest absolute Gasteiger partial charge is 0.444 e. The number of amidine groups is 1. The van der Waals surface area contributed by atoms with Crippen LogP contribution in [0.15, 0.2) is 33.7 Å². The zero-order chi connectivity index (χ0) is 19.9. The summed E-state index contributed by atoms with van der Waals surface area (Å²) in [6.07, 6.45) is 7.98. The molecular formula is C21H28BrN3O2. The van der Waals surface area contributed by atoms with Gasteiger partial charge < -0.3 is 10.1 Å². The lowest BCUT2D eigenvalue weighted by molar-refractivity contribution is 0.0164. The molecule has 146 valence electrons. The predicted octanol–water partition coefficient (Wildman–Crippen LogP) is 4.36. The number of terminal acetylenes is 1. The number of nitrogens with zero attached hydrogens (tertiary/aromatic N) is 2. The molecule has 1 aromatic rings. The lowest BCUT2D eigenvalue weighted by Crippen LogP contribution is -2.53. The Morgan fingerprint density at radius 3 is 2.70 bits per heavy atom. The van der Waals surface area contributed by atoms with E-state index >= 15 is 0 Å². The first kappa shape index (κ1) is 21.3. The SMILES string of the molecule is C#CCNC(=NCc1ccc(Br)cc1)C1CCCCN1C(=O)OC(C)(C)C. The average Bonchev–Trinajstić information content (AvgIpc) is 2.62. The number of amides is 1. The summed E-state index contributed by atoms with van der Waals surface area (Å²) < 4.78 is 6.63. The van der Waals surface area contributed by atoms with Crippen molar-refractivity contribution < 1.29 is 9.53 Å². The summed E-state index contributed by atoms with van der Waals surface area (Å²) in [4.78, 5) is 19.2. The number of ether oxygens (including phenoxy) is 1. The molecule has 5 nitrogen and oxygen atoms in total. The Morgan fingerprint density at radius 2 is 2.07 bits per heavy atom. The molecule has 1 aliphatic heterocycles. The van der Waals surface area contributed by atoms with Crippen LogP contribution in [0.25, 0.3) is 0 Å². The van der Waals surface area contributed by atoms with E-state index in [1.807, 2.05) is 45.0 Å². The summed E-state index contributed by atoms with van der Waals surface area (Å²) in [5, 5.41) is 3.22. The van der Waals surface area contributed by atoms with E-state index in [-0.39, 0.29) is 12.1 Å². The molecule has 2 rings (SSSR count). The number of benzene rings is 1. The Kier molecular flexibility index (Phi) is 7.73. The predicted molar refractivity (Wildman–Crippen MR) is 113 cm³/mol. The van der Waals surface area contributed by atoms with E-state index < -0.39 is 5.60 Å². The lowest BCUT2D eigenvalue weighted by atomic mass is 10.0. The molecule has 0 bridgehead atoms. The number of carbonyl (C=O) groups is 1. The molecule has 1 aromatic carbocycles. The highest BCUT2D eigenvalue weighted by Crippen LogP contribution is 2.21. The molecule has 1 aliphatic rings. The fourth-order valence-corrected chi connectivity index (χ4v) is 3.21. The number of likely N-dealkylation sites (tertiary alicyclic amines) is 1. The highest BCUT2D eigenvalue weighted by atomic mass is 79.9. The fraction of sp³-hybridized carbons (Fsp3) is 0.524. The van der Waals surface area contributed by atoms with Crippen LogP contribution in [-0.4, -0.2) is 41.6 Å². The zero-order valence-corrected chi connectivity index (χ0v) is 17.9. The van der Waals surface area contributed by atoms with Crippen molar-refractivity contribution in [3.05, 3.63) is 34.3 Å². The summed E-state index contributed by atoms with van der Waals surface area (Å²) in [6, 6.07) is 7.90. The van der Waals surface area contributed by atoms with Crippen LogP contribution in [0.2, 0.25) is 0 Å². The van der Waals surface area contributed by atoms with Crippen molar-refractivity contribution in [1.29, 1.82) is 0 Å². The van der Waals surface area contributed by atoms with Crippen molar-refractivity contribution in [2.45, 2.75) is 58.2 Å². The van der Waals surface area contributed by atoms with Gasteiger partial charge in [0.2, 0.25) is 0 Å². The van der Waals surface area contributed by atoms with Gasteiger partial charge in [-0.05, 0) is 57.7 Å². The third-order valence-electron chi connectivity index (χ3n) is 4.16. The monoisotopic (exact) mass is 433 g/mol. The Labute approximate surface area is 170 Å². The molecule has 1 heterocycles. The van der Waals surface area contributed by atoms with Gasteiger partial charge in [-0.2, -0.15) is 0 Å². The second-order valence-corrected chi connectivity index (χ2v) is 8.49. The van der Waals surface area contributed by atoms with Crippen LogP contribution in [0, 0.1) is 12.3 Å². The maximum absolute atomic E-state index is 12.7. The molecule has 1 fully saturated rings. The van der Waals surface area contributed by atoms with Crippen LogP contribution in [0.4, 0.5) is 4.79 Å². The van der Waals surface area contributed by atoms with E-state index in [0.29, 0.717) is 19.6 Å². The van der Waals surface area contributed by atoms with Gasteiger partial charge in [0, 0.05) is 11.0 Å². The molecule has 1 saturated heterocycles. The third kappa shape index (κ3) is 6.91. The van der Waals surface area contributed by atoms with Gasteiger partial charge in [0.05, 0.1) is 19.1 Å². The Balaban J connectivity index is 2.20. The maximum Gasteiger partial charge on any atom is 0.410 e. The minimum Gasteiger partial charge on any atom is -0.444 e. The molecule has 0 aromatic heterocycles. The molecule has 6 heteroatoms. The van der Waals surface area contributed by atoms with E-state index in [2.05, 4.69) is 27.2 Å². The summed E-state index contributed by atoms with van der Waals surface area (Å²) in [7, 11) is 0. The second kappa shape index (κ2) is 9.80. The van der Waals surface area contributed by atoms with Crippen LogP contribution in [-0.2, 0) is 11.3 Å². The highest BCUT2D eigenvalue weighted by molar-refractivity contribution is 9.10. The summed E-state index contributed by atoms with van der Waals surface area (Å²) in [5.41, 5.74) is 0.567. The highest BCUT2D eigenvalue weighted by Gasteiger charge is 2.33. The third-order valence-corrected chi connectivity index (χ3v) is 4.69. The van der Waals surface area contributed by atoms with Gasteiger partial charge in [0.25, 0.3) is 0 Å². The Morgan fingerprint density at radius 1 is 1.37 bits per heavy atom. The lowest BCUT2D eigenvalue weighted by Gasteiger charge is -2.37. The van der Waals surface area contributed by atoms with Crippen LogP contribution in [0.3, 0.4) is 0 Å². The van der Waals surface area contributed by atoms with Gasteiger partial charge in [-0.15, -0.1) is 6.42 Å². The molecule has 1 unspecified atom stereocenters. The molecule has 1 amide bonds. The fourth-order valence-electron chi connectivity index (χ4n) is 2.94. The van der Waals surface area contributed by atoms with Gasteiger partial charge in [0.1, 0.15) is 11.4 Å². The summed E-state index contributed by atoms with van der Waals surface area (Å²) in [5.74, 6) is 3.34. The maximum atomic E-state index is 12.7. The number of nitrogens with one attached hydrogen (secondary N) is 1. The van der Waals surface area contributed by atoms with Gasteiger partial charge in [-0.1, -0.05) is 34.0 Å². The standard InChI is InChI=1S/C21H28BrN3O2/c1-5-13-23-19(24-15-16-9-11-17(22)12-10-16)18-8-6-7-14-25(18)20(26)27-21(2,3)4/h1,9-12,18H,6-8,13-15H2,2-4H3,(H,23,24). The molecule has 0 aliphatic carbocycles. The molecule has 0 radical (unpaired) electrons. The first-order chi connectivity index (χ1) is 12.8. The second-order valence-electron chi connectivity index (χ2n) is 7.57. The van der Waals surface area contributed by atoms with Crippen LogP contribution in [0.1, 0.15) is 45.6 Å². The molecule has 1 N–H and O–H groups in total. The minimum atomic E-state index is -0.528. The van der Waals surface area contributed by atoms with Crippen molar-refractivity contribution in [1.82, 2.24) is 10.2 Å². The number of carbonyl (C=O) groups excluding carboxylic acids is 1. The normalized spacial score (nSPS) is 18.0. The number of rotatable bonds is 4. The number of aliphatic imine (C=N–C) groups is 1.